The summed E-state index contributed by atoms with van der Waals surface area (Å²) in [7, 11) is 0. The zero-order valence-corrected chi connectivity index (χ0v) is 12.0. The summed E-state index contributed by atoms with van der Waals surface area (Å²) in [6, 6.07) is 10.1. The molecular formula is C16H18N2O4. The Labute approximate surface area is 127 Å². The van der Waals surface area contributed by atoms with Gasteiger partial charge < -0.3 is 20.6 Å². The van der Waals surface area contributed by atoms with E-state index >= 15 is 0 Å². The van der Waals surface area contributed by atoms with Gasteiger partial charge in [-0.25, -0.2) is 0 Å². The number of benzene rings is 1. The summed E-state index contributed by atoms with van der Waals surface area (Å²) in [6.07, 6.45) is 1.54. The van der Waals surface area contributed by atoms with Crippen molar-refractivity contribution in [2.75, 3.05) is 0 Å². The summed E-state index contributed by atoms with van der Waals surface area (Å²) in [5, 5.41) is 11.6. The highest BCUT2D eigenvalue weighted by Crippen LogP contribution is 2.14. The number of hydrogen-bond donors (Lipinski definition) is 3. The van der Waals surface area contributed by atoms with Crippen molar-refractivity contribution in [1.82, 2.24) is 5.32 Å². The maximum atomic E-state index is 11.9. The van der Waals surface area contributed by atoms with Gasteiger partial charge in [-0.2, -0.15) is 0 Å². The monoisotopic (exact) mass is 302 g/mol. The number of hydrogen-bond acceptors (Lipinski definition) is 4. The second-order valence-electron chi connectivity index (χ2n) is 4.94. The van der Waals surface area contributed by atoms with Crippen molar-refractivity contribution in [2.24, 2.45) is 5.73 Å². The van der Waals surface area contributed by atoms with E-state index in [1.807, 2.05) is 0 Å². The summed E-state index contributed by atoms with van der Waals surface area (Å²) in [5.41, 5.74) is 7.34. The smallest absolute Gasteiger partial charge is 0.307 e. The first kappa shape index (κ1) is 15.8. The van der Waals surface area contributed by atoms with Crippen LogP contribution in [0.25, 0.3) is 0 Å². The molecule has 116 valence electrons. The molecule has 2 aromatic rings. The van der Waals surface area contributed by atoms with Crippen molar-refractivity contribution in [2.45, 2.75) is 25.4 Å². The molecule has 0 radical (unpaired) electrons. The molecule has 0 aliphatic rings. The number of furan rings is 1. The molecule has 1 aromatic carbocycles. The molecule has 0 bridgehead atoms. The van der Waals surface area contributed by atoms with Crippen LogP contribution in [0, 0.1) is 0 Å². The van der Waals surface area contributed by atoms with E-state index in [1.165, 1.54) is 6.26 Å². The van der Waals surface area contributed by atoms with Gasteiger partial charge in [0.1, 0.15) is 5.76 Å². The maximum Gasteiger partial charge on any atom is 0.307 e. The Morgan fingerprint density at radius 1 is 1.18 bits per heavy atom. The molecular weight excluding hydrogens is 284 g/mol. The third kappa shape index (κ3) is 4.46. The summed E-state index contributed by atoms with van der Waals surface area (Å²) in [5.74, 6) is -0.561. The van der Waals surface area contributed by atoms with Gasteiger partial charge in [-0.05, 0) is 23.3 Å². The van der Waals surface area contributed by atoms with Gasteiger partial charge >= 0.3 is 5.97 Å². The average molecular weight is 302 g/mol. The minimum atomic E-state index is -0.904. The highest BCUT2D eigenvalue weighted by Gasteiger charge is 2.14. The molecule has 2 rings (SSSR count). The summed E-state index contributed by atoms with van der Waals surface area (Å²) < 4.78 is 5.15. The maximum absolute atomic E-state index is 11.9. The van der Waals surface area contributed by atoms with Crippen molar-refractivity contribution in [3.63, 3.8) is 0 Å². The van der Waals surface area contributed by atoms with Crippen LogP contribution in [0.5, 0.6) is 0 Å². The van der Waals surface area contributed by atoms with Crippen LogP contribution in [0.3, 0.4) is 0 Å². The molecule has 6 nitrogen and oxygen atoms in total. The quantitative estimate of drug-likeness (QED) is 0.720. The van der Waals surface area contributed by atoms with Crippen LogP contribution in [0.2, 0.25) is 0 Å². The number of amides is 1. The Hall–Kier alpha value is -2.60. The molecule has 4 N–H and O–H groups in total. The molecule has 1 atom stereocenters. The summed E-state index contributed by atoms with van der Waals surface area (Å²) >= 11 is 0. The second kappa shape index (κ2) is 7.42. The van der Waals surface area contributed by atoms with Crippen molar-refractivity contribution in [1.29, 1.82) is 0 Å². The first-order chi connectivity index (χ1) is 10.6. The number of nitrogens with one attached hydrogen (secondary N) is 1. The van der Waals surface area contributed by atoms with Gasteiger partial charge in [0.05, 0.1) is 18.7 Å². The molecule has 1 aromatic heterocycles. The first-order valence-electron chi connectivity index (χ1n) is 6.90. The van der Waals surface area contributed by atoms with Crippen molar-refractivity contribution < 1.29 is 19.1 Å². The molecule has 0 fully saturated rings. The molecule has 0 spiro atoms. The molecule has 0 saturated heterocycles. The fourth-order valence-corrected chi connectivity index (χ4v) is 2.13. The van der Waals surface area contributed by atoms with E-state index < -0.39 is 12.0 Å². The lowest BCUT2D eigenvalue weighted by Gasteiger charge is -2.11. The van der Waals surface area contributed by atoms with Crippen LogP contribution in [0.1, 0.15) is 29.3 Å². The van der Waals surface area contributed by atoms with Gasteiger partial charge in [0.15, 0.2) is 0 Å². The molecule has 0 aliphatic carbocycles. The fraction of sp³-hybridized carbons (Fsp3) is 0.250. The average Bonchev–Trinajstić information content (AvgIpc) is 3.00. The Kier molecular flexibility index (Phi) is 5.32. The zero-order valence-electron chi connectivity index (χ0n) is 12.0. The van der Waals surface area contributed by atoms with Gasteiger partial charge in [0.2, 0.25) is 5.91 Å². The molecule has 1 unspecified atom stereocenters. The Balaban J connectivity index is 1.90. The van der Waals surface area contributed by atoms with Crippen LogP contribution in [0.4, 0.5) is 0 Å². The number of carbonyl (C=O) groups excluding carboxylic acids is 1. The van der Waals surface area contributed by atoms with Crippen LogP contribution >= 0.6 is 0 Å². The van der Waals surface area contributed by atoms with Crippen LogP contribution in [-0.4, -0.2) is 17.0 Å². The lowest BCUT2D eigenvalue weighted by atomic mass is 10.0. The van der Waals surface area contributed by atoms with E-state index in [-0.39, 0.29) is 25.3 Å². The van der Waals surface area contributed by atoms with Crippen molar-refractivity contribution in [3.8, 4) is 0 Å². The van der Waals surface area contributed by atoms with Crippen LogP contribution in [-0.2, 0) is 22.6 Å². The standard InChI is InChI=1S/C16H18N2O4/c17-13(14-6-3-7-22-14)9-15(19)18-10-12-5-2-1-4-11(12)8-16(20)21/h1-7,13H,8-10,17H2,(H,18,19)(H,20,21). The number of rotatable bonds is 7. The fourth-order valence-electron chi connectivity index (χ4n) is 2.13. The third-order valence-electron chi connectivity index (χ3n) is 3.25. The molecule has 1 heterocycles. The van der Waals surface area contributed by atoms with E-state index in [0.717, 1.165) is 5.56 Å². The number of carboxylic acids is 1. The second-order valence-corrected chi connectivity index (χ2v) is 4.94. The Bertz CT molecular complexity index is 637. The minimum Gasteiger partial charge on any atom is -0.481 e. The van der Waals surface area contributed by atoms with E-state index in [0.29, 0.717) is 11.3 Å². The van der Waals surface area contributed by atoms with Crippen LogP contribution in [0.15, 0.2) is 47.1 Å². The normalized spacial score (nSPS) is 11.9. The Morgan fingerprint density at radius 3 is 2.55 bits per heavy atom. The summed E-state index contributed by atoms with van der Waals surface area (Å²) in [6.45, 7) is 0.271. The van der Waals surface area contributed by atoms with E-state index in [1.54, 1.807) is 36.4 Å². The molecule has 22 heavy (non-hydrogen) atoms. The molecule has 1 amide bonds. The predicted octanol–water partition coefficient (Wildman–Crippen LogP) is 1.61. The van der Waals surface area contributed by atoms with Crippen molar-refractivity contribution >= 4 is 11.9 Å². The Morgan fingerprint density at radius 2 is 1.91 bits per heavy atom. The number of carboxylic acid groups (broad SMARTS) is 1. The van der Waals surface area contributed by atoms with Gasteiger partial charge in [0, 0.05) is 13.0 Å². The van der Waals surface area contributed by atoms with Crippen LogP contribution < -0.4 is 11.1 Å². The zero-order chi connectivity index (χ0) is 15.9. The van der Waals surface area contributed by atoms with E-state index in [4.69, 9.17) is 15.3 Å². The van der Waals surface area contributed by atoms with E-state index in [2.05, 4.69) is 5.32 Å². The molecule has 6 heteroatoms. The van der Waals surface area contributed by atoms with E-state index in [9.17, 15) is 9.59 Å². The lowest BCUT2D eigenvalue weighted by molar-refractivity contribution is -0.136. The number of aliphatic carboxylic acids is 1. The first-order valence-corrected chi connectivity index (χ1v) is 6.90. The van der Waals surface area contributed by atoms with Gasteiger partial charge in [-0.15, -0.1) is 0 Å². The van der Waals surface area contributed by atoms with Gasteiger partial charge in [-0.3, -0.25) is 9.59 Å². The molecule has 0 saturated carbocycles. The minimum absolute atomic E-state index is 0.0715. The van der Waals surface area contributed by atoms with Gasteiger partial charge in [0.25, 0.3) is 0 Å². The summed E-state index contributed by atoms with van der Waals surface area (Å²) in [4.78, 5) is 22.7. The van der Waals surface area contributed by atoms with Crippen molar-refractivity contribution in [3.05, 3.63) is 59.5 Å². The largest absolute Gasteiger partial charge is 0.481 e. The van der Waals surface area contributed by atoms with Gasteiger partial charge in [-0.1, -0.05) is 24.3 Å². The lowest BCUT2D eigenvalue weighted by Crippen LogP contribution is -2.27. The highest BCUT2D eigenvalue weighted by atomic mass is 16.4. The number of carbonyl (C=O) groups is 2. The highest BCUT2D eigenvalue weighted by molar-refractivity contribution is 5.77. The molecule has 0 aliphatic heterocycles. The number of nitrogens with two attached hydrogens (primary N) is 1. The predicted molar refractivity (Wildman–Crippen MR) is 79.9 cm³/mol. The topological polar surface area (TPSA) is 106 Å². The SMILES string of the molecule is NC(CC(=O)NCc1ccccc1CC(=O)O)c1ccco1. The third-order valence-corrected chi connectivity index (χ3v) is 3.25.